The Labute approximate surface area is 136 Å². The Morgan fingerprint density at radius 3 is 2.24 bits per heavy atom. The number of hydrogen-bond acceptors (Lipinski definition) is 2. The molecule has 0 saturated carbocycles. The minimum absolute atomic E-state index is 0.625. The van der Waals surface area contributed by atoms with Gasteiger partial charge in [-0.25, -0.2) is 4.98 Å². The molecule has 0 unspecified atom stereocenters. The van der Waals surface area contributed by atoms with Crippen molar-refractivity contribution in [3.05, 3.63) is 35.9 Å². The van der Waals surface area contributed by atoms with Crippen molar-refractivity contribution in [3.63, 3.8) is 0 Å². The van der Waals surface area contributed by atoms with Gasteiger partial charge in [-0.2, -0.15) is 0 Å². The van der Waals surface area contributed by atoms with Gasteiger partial charge in [0.25, 0.3) is 0 Å². The number of hydrogen-bond donors (Lipinski definition) is 0. The van der Waals surface area contributed by atoms with Crippen LogP contribution in [0.2, 0.25) is 0 Å². The standard InChI is InChI=1S/C18H25BrN2/c1-13(2)11-21(12-14(3)4)18-16(10-19)9-15-7-5-6-8-17(15)20-18/h5-9,13-14H,10-12H2,1-4H3. The summed E-state index contributed by atoms with van der Waals surface area (Å²) >= 11 is 3.63. The Morgan fingerprint density at radius 2 is 1.67 bits per heavy atom. The number of rotatable bonds is 6. The number of benzene rings is 1. The molecule has 2 rings (SSSR count). The molecule has 1 heterocycles. The van der Waals surface area contributed by atoms with Gasteiger partial charge in [0.1, 0.15) is 5.82 Å². The van der Waals surface area contributed by atoms with Crippen LogP contribution in [0.15, 0.2) is 30.3 Å². The third-order valence-corrected chi connectivity index (χ3v) is 4.00. The topological polar surface area (TPSA) is 16.1 Å². The zero-order valence-electron chi connectivity index (χ0n) is 13.4. The average Bonchev–Trinajstić information content (AvgIpc) is 2.44. The second-order valence-electron chi connectivity index (χ2n) is 6.49. The van der Waals surface area contributed by atoms with Gasteiger partial charge in [-0.3, -0.25) is 0 Å². The lowest BCUT2D eigenvalue weighted by Crippen LogP contribution is -2.32. The van der Waals surface area contributed by atoms with E-state index in [9.17, 15) is 0 Å². The summed E-state index contributed by atoms with van der Waals surface area (Å²) in [5, 5.41) is 2.05. The molecule has 0 amide bonds. The summed E-state index contributed by atoms with van der Waals surface area (Å²) in [6, 6.07) is 10.6. The van der Waals surface area contributed by atoms with Gasteiger partial charge < -0.3 is 4.90 Å². The highest BCUT2D eigenvalue weighted by Gasteiger charge is 2.16. The van der Waals surface area contributed by atoms with E-state index in [2.05, 4.69) is 78.9 Å². The number of pyridine rings is 1. The first kappa shape index (κ1) is 16.3. The van der Waals surface area contributed by atoms with Crippen LogP contribution in [0.4, 0.5) is 5.82 Å². The smallest absolute Gasteiger partial charge is 0.133 e. The molecule has 0 aliphatic carbocycles. The van der Waals surface area contributed by atoms with Crippen molar-refractivity contribution in [1.82, 2.24) is 4.98 Å². The summed E-state index contributed by atoms with van der Waals surface area (Å²) in [5.41, 5.74) is 2.35. The van der Waals surface area contributed by atoms with E-state index in [1.165, 1.54) is 10.9 Å². The normalized spacial score (nSPS) is 11.6. The number of fused-ring (bicyclic) bond motifs is 1. The van der Waals surface area contributed by atoms with Crippen molar-refractivity contribution < 1.29 is 0 Å². The third kappa shape index (κ3) is 4.19. The maximum Gasteiger partial charge on any atom is 0.133 e. The fraction of sp³-hybridized carbons (Fsp3) is 0.500. The van der Waals surface area contributed by atoms with Crippen molar-refractivity contribution in [1.29, 1.82) is 0 Å². The van der Waals surface area contributed by atoms with Gasteiger partial charge >= 0.3 is 0 Å². The molecule has 0 spiro atoms. The molecule has 2 aromatic rings. The van der Waals surface area contributed by atoms with E-state index < -0.39 is 0 Å². The molecular weight excluding hydrogens is 324 g/mol. The molecule has 0 atom stereocenters. The first-order chi connectivity index (χ1) is 10.0. The Morgan fingerprint density at radius 1 is 1.05 bits per heavy atom. The summed E-state index contributed by atoms with van der Waals surface area (Å²) in [4.78, 5) is 7.39. The predicted molar refractivity (Wildman–Crippen MR) is 96.3 cm³/mol. The molecule has 0 aliphatic rings. The zero-order chi connectivity index (χ0) is 15.4. The highest BCUT2D eigenvalue weighted by molar-refractivity contribution is 9.08. The number of alkyl halides is 1. The lowest BCUT2D eigenvalue weighted by Gasteiger charge is -2.29. The molecule has 0 radical (unpaired) electrons. The third-order valence-electron chi connectivity index (χ3n) is 3.39. The summed E-state index contributed by atoms with van der Waals surface area (Å²) < 4.78 is 0. The van der Waals surface area contributed by atoms with Crippen LogP contribution in [-0.4, -0.2) is 18.1 Å². The van der Waals surface area contributed by atoms with Crippen molar-refractivity contribution in [2.75, 3.05) is 18.0 Å². The predicted octanol–water partition coefficient (Wildman–Crippen LogP) is 5.25. The molecule has 0 saturated heterocycles. The lowest BCUT2D eigenvalue weighted by molar-refractivity contribution is 0.548. The van der Waals surface area contributed by atoms with E-state index >= 15 is 0 Å². The molecule has 0 bridgehead atoms. The van der Waals surface area contributed by atoms with Crippen molar-refractivity contribution in [3.8, 4) is 0 Å². The molecule has 114 valence electrons. The van der Waals surface area contributed by atoms with Crippen LogP contribution in [0.3, 0.4) is 0 Å². The van der Waals surface area contributed by atoms with Gasteiger partial charge in [-0.1, -0.05) is 61.8 Å². The summed E-state index contributed by atoms with van der Waals surface area (Å²) in [6.07, 6.45) is 0. The molecule has 0 aliphatic heterocycles. The van der Waals surface area contributed by atoms with Crippen molar-refractivity contribution in [2.45, 2.75) is 33.0 Å². The molecule has 0 fully saturated rings. The van der Waals surface area contributed by atoms with Crippen LogP contribution < -0.4 is 4.90 Å². The van der Waals surface area contributed by atoms with Gasteiger partial charge in [-0.15, -0.1) is 0 Å². The van der Waals surface area contributed by atoms with E-state index in [1.54, 1.807) is 0 Å². The fourth-order valence-corrected chi connectivity index (χ4v) is 3.06. The SMILES string of the molecule is CC(C)CN(CC(C)C)c1nc2ccccc2cc1CBr. The van der Waals surface area contributed by atoms with Gasteiger partial charge in [0.15, 0.2) is 0 Å². The van der Waals surface area contributed by atoms with Crippen molar-refractivity contribution in [2.24, 2.45) is 11.8 Å². The Kier molecular flexibility index (Phi) is 5.63. The average molecular weight is 349 g/mol. The number of anilines is 1. The van der Waals surface area contributed by atoms with E-state index in [0.29, 0.717) is 11.8 Å². The minimum Gasteiger partial charge on any atom is -0.356 e. The van der Waals surface area contributed by atoms with Crippen LogP contribution in [0.1, 0.15) is 33.3 Å². The van der Waals surface area contributed by atoms with Gasteiger partial charge in [-0.05, 0) is 24.0 Å². The first-order valence-electron chi connectivity index (χ1n) is 7.70. The second kappa shape index (κ2) is 7.26. The quantitative estimate of drug-likeness (QED) is 0.663. The second-order valence-corrected chi connectivity index (χ2v) is 7.05. The van der Waals surface area contributed by atoms with Crippen molar-refractivity contribution >= 4 is 32.7 Å². The molecule has 0 N–H and O–H groups in total. The monoisotopic (exact) mass is 348 g/mol. The Hall–Kier alpha value is -1.09. The molecule has 1 aromatic heterocycles. The van der Waals surface area contributed by atoms with Crippen LogP contribution in [0.25, 0.3) is 10.9 Å². The zero-order valence-corrected chi connectivity index (χ0v) is 15.0. The van der Waals surface area contributed by atoms with E-state index in [-0.39, 0.29) is 0 Å². The van der Waals surface area contributed by atoms with E-state index in [4.69, 9.17) is 4.98 Å². The highest BCUT2D eigenvalue weighted by Crippen LogP contribution is 2.27. The summed E-state index contributed by atoms with van der Waals surface area (Å²) in [7, 11) is 0. The summed E-state index contributed by atoms with van der Waals surface area (Å²) in [6.45, 7) is 11.2. The van der Waals surface area contributed by atoms with Crippen LogP contribution in [0, 0.1) is 11.8 Å². The largest absolute Gasteiger partial charge is 0.356 e. The van der Waals surface area contributed by atoms with Crippen LogP contribution in [-0.2, 0) is 5.33 Å². The minimum atomic E-state index is 0.625. The maximum atomic E-state index is 4.95. The molecule has 3 heteroatoms. The van der Waals surface area contributed by atoms with E-state index in [0.717, 1.165) is 29.8 Å². The number of para-hydroxylation sites is 1. The molecule has 2 nitrogen and oxygen atoms in total. The lowest BCUT2D eigenvalue weighted by atomic mass is 10.1. The number of halogens is 1. The van der Waals surface area contributed by atoms with Gasteiger partial charge in [0.05, 0.1) is 5.52 Å². The van der Waals surface area contributed by atoms with Gasteiger partial charge in [0.2, 0.25) is 0 Å². The molecular formula is C18H25BrN2. The Bertz CT molecular complexity index is 583. The first-order valence-corrected chi connectivity index (χ1v) is 8.83. The highest BCUT2D eigenvalue weighted by atomic mass is 79.9. The molecule has 21 heavy (non-hydrogen) atoms. The van der Waals surface area contributed by atoms with E-state index in [1.807, 2.05) is 0 Å². The number of nitrogens with zero attached hydrogens (tertiary/aromatic N) is 2. The maximum absolute atomic E-state index is 4.95. The Balaban J connectivity index is 2.48. The van der Waals surface area contributed by atoms with Crippen LogP contribution >= 0.6 is 15.9 Å². The van der Waals surface area contributed by atoms with Crippen LogP contribution in [0.5, 0.6) is 0 Å². The number of aromatic nitrogens is 1. The molecule has 1 aromatic carbocycles. The summed E-state index contributed by atoms with van der Waals surface area (Å²) in [5.74, 6) is 2.38. The van der Waals surface area contributed by atoms with Gasteiger partial charge in [0, 0.05) is 29.4 Å². The fourth-order valence-electron chi connectivity index (χ4n) is 2.65.